The van der Waals surface area contributed by atoms with Crippen LogP contribution in [0, 0.1) is 5.92 Å². The van der Waals surface area contributed by atoms with Gasteiger partial charge in [-0.15, -0.1) is 11.3 Å². The third kappa shape index (κ3) is 4.63. The lowest BCUT2D eigenvalue weighted by Crippen LogP contribution is -2.46. The van der Waals surface area contributed by atoms with E-state index in [1.165, 1.54) is 11.3 Å². The molecule has 0 radical (unpaired) electrons. The minimum atomic E-state index is -0.624. The predicted molar refractivity (Wildman–Crippen MR) is 122 cm³/mol. The number of anilines is 2. The van der Waals surface area contributed by atoms with Gasteiger partial charge in [0.05, 0.1) is 28.3 Å². The monoisotopic (exact) mass is 444 g/mol. The van der Waals surface area contributed by atoms with Crippen LogP contribution in [0.3, 0.4) is 0 Å². The normalized spacial score (nSPS) is 15.4. The van der Waals surface area contributed by atoms with Gasteiger partial charge in [0.15, 0.2) is 5.13 Å². The smallest absolute Gasteiger partial charge is 0.262 e. The van der Waals surface area contributed by atoms with Crippen LogP contribution in [0.2, 0.25) is 0 Å². The van der Waals surface area contributed by atoms with Crippen LogP contribution >= 0.6 is 22.7 Å². The molecule has 9 heteroatoms. The second-order valence-electron chi connectivity index (χ2n) is 7.44. The Bertz CT molecular complexity index is 1030. The van der Waals surface area contributed by atoms with Gasteiger partial charge in [0.2, 0.25) is 5.91 Å². The predicted octanol–water partition coefficient (Wildman–Crippen LogP) is 3.59. The van der Waals surface area contributed by atoms with Gasteiger partial charge in [-0.1, -0.05) is 31.3 Å². The highest BCUT2D eigenvalue weighted by Gasteiger charge is 2.25. The summed E-state index contributed by atoms with van der Waals surface area (Å²) in [6.45, 7) is 6.93. The van der Waals surface area contributed by atoms with Crippen molar-refractivity contribution in [3.05, 3.63) is 40.6 Å². The number of thiophene rings is 1. The number of carbonyl (C=O) groups is 2. The number of carbonyl (C=O) groups excluding carboxylic acids is 2. The Labute approximate surface area is 183 Å². The highest BCUT2D eigenvalue weighted by atomic mass is 32.1. The number of nitrogens with one attached hydrogen (secondary N) is 2. The van der Waals surface area contributed by atoms with E-state index < -0.39 is 6.04 Å². The van der Waals surface area contributed by atoms with Crippen LogP contribution in [0.4, 0.5) is 10.8 Å². The van der Waals surface area contributed by atoms with Gasteiger partial charge in [-0.3, -0.25) is 9.59 Å². The van der Waals surface area contributed by atoms with Crippen molar-refractivity contribution in [2.45, 2.75) is 19.9 Å². The van der Waals surface area contributed by atoms with E-state index in [2.05, 4.69) is 15.5 Å². The second-order valence-corrected chi connectivity index (χ2v) is 9.40. The van der Waals surface area contributed by atoms with Gasteiger partial charge in [-0.25, -0.2) is 4.98 Å². The van der Waals surface area contributed by atoms with E-state index in [0.717, 1.165) is 28.4 Å². The highest BCUT2D eigenvalue weighted by Crippen LogP contribution is 2.31. The van der Waals surface area contributed by atoms with Gasteiger partial charge in [0.1, 0.15) is 6.04 Å². The molecule has 1 saturated heterocycles. The molecule has 0 spiro atoms. The Balaban J connectivity index is 1.47. The molecular formula is C21H24N4O3S2. The molecule has 0 bridgehead atoms. The number of nitrogens with zero attached hydrogens (tertiary/aromatic N) is 2. The lowest BCUT2D eigenvalue weighted by molar-refractivity contribution is -0.118. The van der Waals surface area contributed by atoms with Crippen LogP contribution in [-0.2, 0) is 9.53 Å². The zero-order valence-corrected chi connectivity index (χ0v) is 18.5. The summed E-state index contributed by atoms with van der Waals surface area (Å²) in [5, 5.41) is 8.62. The SMILES string of the molecule is CC(C)C(NC(=O)c1cccs1)C(=O)Nc1ccc2nc(N3CCOCC3)sc2c1. The Morgan fingerprint density at radius 2 is 2.00 bits per heavy atom. The molecule has 3 aromatic rings. The number of hydrogen-bond donors (Lipinski definition) is 2. The van der Waals surface area contributed by atoms with Crippen LogP contribution in [0.25, 0.3) is 10.2 Å². The highest BCUT2D eigenvalue weighted by molar-refractivity contribution is 7.22. The van der Waals surface area contributed by atoms with Gasteiger partial charge < -0.3 is 20.3 Å². The lowest BCUT2D eigenvalue weighted by Gasteiger charge is -2.25. The first kappa shape index (κ1) is 20.8. The number of amides is 2. The van der Waals surface area contributed by atoms with E-state index in [9.17, 15) is 9.59 Å². The van der Waals surface area contributed by atoms with Crippen molar-refractivity contribution < 1.29 is 14.3 Å². The van der Waals surface area contributed by atoms with Crippen molar-refractivity contribution in [1.29, 1.82) is 0 Å². The summed E-state index contributed by atoms with van der Waals surface area (Å²) < 4.78 is 6.42. The van der Waals surface area contributed by atoms with Crippen molar-refractivity contribution >= 4 is 55.5 Å². The standard InChI is InChI=1S/C21H24N4O3S2/c1-13(2)18(24-19(26)16-4-3-11-29-16)20(27)22-14-5-6-15-17(12-14)30-21(23-15)25-7-9-28-10-8-25/h3-6,11-13,18H,7-10H2,1-2H3,(H,22,27)(H,24,26). The summed E-state index contributed by atoms with van der Waals surface area (Å²) in [5.74, 6) is -0.506. The third-order valence-electron chi connectivity index (χ3n) is 4.91. The summed E-state index contributed by atoms with van der Waals surface area (Å²) in [5.41, 5.74) is 1.60. The number of aromatic nitrogens is 1. The van der Waals surface area contributed by atoms with Crippen LogP contribution < -0.4 is 15.5 Å². The number of thiazole rings is 1. The third-order valence-corrected chi connectivity index (χ3v) is 6.85. The lowest BCUT2D eigenvalue weighted by atomic mass is 10.0. The summed E-state index contributed by atoms with van der Waals surface area (Å²) >= 11 is 2.96. The number of hydrogen-bond acceptors (Lipinski definition) is 7. The van der Waals surface area contributed by atoms with Crippen LogP contribution in [0.5, 0.6) is 0 Å². The Morgan fingerprint density at radius 1 is 1.20 bits per heavy atom. The molecule has 2 N–H and O–H groups in total. The van der Waals surface area contributed by atoms with Gasteiger partial charge in [0.25, 0.3) is 5.91 Å². The van der Waals surface area contributed by atoms with Crippen molar-refractivity contribution in [1.82, 2.24) is 10.3 Å². The number of rotatable bonds is 6. The zero-order valence-electron chi connectivity index (χ0n) is 16.9. The molecule has 2 amide bonds. The molecular weight excluding hydrogens is 420 g/mol. The van der Waals surface area contributed by atoms with Crippen molar-refractivity contribution in [2.75, 3.05) is 36.5 Å². The minimum absolute atomic E-state index is 0.0472. The van der Waals surface area contributed by atoms with E-state index in [1.54, 1.807) is 17.4 Å². The molecule has 4 rings (SSSR count). The van der Waals surface area contributed by atoms with Crippen molar-refractivity contribution in [3.63, 3.8) is 0 Å². The summed E-state index contributed by atoms with van der Waals surface area (Å²) in [4.78, 5) is 32.8. The first-order chi connectivity index (χ1) is 14.5. The molecule has 1 unspecified atom stereocenters. The molecule has 1 atom stereocenters. The van der Waals surface area contributed by atoms with E-state index in [0.29, 0.717) is 23.8 Å². The maximum atomic E-state index is 12.9. The molecule has 30 heavy (non-hydrogen) atoms. The van der Waals surface area contributed by atoms with Crippen LogP contribution in [0.1, 0.15) is 23.5 Å². The summed E-state index contributed by atoms with van der Waals surface area (Å²) in [6, 6.07) is 8.65. The van der Waals surface area contributed by atoms with Gasteiger partial charge >= 0.3 is 0 Å². The number of ether oxygens (including phenoxy) is 1. The van der Waals surface area contributed by atoms with Gasteiger partial charge in [-0.2, -0.15) is 0 Å². The summed E-state index contributed by atoms with van der Waals surface area (Å²) in [7, 11) is 0. The maximum absolute atomic E-state index is 12.9. The van der Waals surface area contributed by atoms with Crippen molar-refractivity contribution in [2.24, 2.45) is 5.92 Å². The quantitative estimate of drug-likeness (QED) is 0.607. The van der Waals surface area contributed by atoms with E-state index in [-0.39, 0.29) is 17.7 Å². The molecule has 1 aliphatic rings. The van der Waals surface area contributed by atoms with Crippen LogP contribution in [-0.4, -0.2) is 49.1 Å². The minimum Gasteiger partial charge on any atom is -0.378 e. The average Bonchev–Trinajstić information content (AvgIpc) is 3.42. The number of fused-ring (bicyclic) bond motifs is 1. The number of morpholine rings is 1. The molecule has 1 aromatic carbocycles. The Kier molecular flexibility index (Phi) is 6.31. The van der Waals surface area contributed by atoms with E-state index >= 15 is 0 Å². The van der Waals surface area contributed by atoms with Crippen molar-refractivity contribution in [3.8, 4) is 0 Å². The molecule has 158 valence electrons. The second kappa shape index (κ2) is 9.11. The van der Waals surface area contributed by atoms with E-state index in [1.807, 2.05) is 43.5 Å². The first-order valence-electron chi connectivity index (χ1n) is 9.90. The Hall–Kier alpha value is -2.49. The van der Waals surface area contributed by atoms with Gasteiger partial charge in [0, 0.05) is 18.8 Å². The average molecular weight is 445 g/mol. The summed E-state index contributed by atoms with van der Waals surface area (Å²) in [6.07, 6.45) is 0. The molecule has 0 aliphatic carbocycles. The number of benzene rings is 1. The van der Waals surface area contributed by atoms with E-state index in [4.69, 9.17) is 9.72 Å². The fourth-order valence-corrected chi connectivity index (χ4v) is 4.94. The molecule has 3 heterocycles. The van der Waals surface area contributed by atoms with Gasteiger partial charge in [-0.05, 0) is 35.6 Å². The molecule has 7 nitrogen and oxygen atoms in total. The first-order valence-corrected chi connectivity index (χ1v) is 11.6. The molecule has 1 fully saturated rings. The largest absolute Gasteiger partial charge is 0.378 e. The molecule has 0 saturated carbocycles. The maximum Gasteiger partial charge on any atom is 0.262 e. The fraction of sp³-hybridized carbons (Fsp3) is 0.381. The molecule has 2 aromatic heterocycles. The van der Waals surface area contributed by atoms with Crippen LogP contribution in [0.15, 0.2) is 35.7 Å². The fourth-order valence-electron chi connectivity index (χ4n) is 3.26. The zero-order chi connectivity index (χ0) is 21.1. The molecule has 1 aliphatic heterocycles. The Morgan fingerprint density at radius 3 is 2.70 bits per heavy atom. The topological polar surface area (TPSA) is 83.6 Å².